The van der Waals surface area contributed by atoms with Gasteiger partial charge in [0.25, 0.3) is 5.91 Å². The molecule has 3 rings (SSSR count). The van der Waals surface area contributed by atoms with Gasteiger partial charge in [-0.05, 0) is 38.3 Å². The Kier molecular flexibility index (Phi) is 4.20. The number of hydrogen-bond acceptors (Lipinski definition) is 4. The summed E-state index contributed by atoms with van der Waals surface area (Å²) in [5.74, 6) is -0.140. The van der Waals surface area contributed by atoms with Crippen molar-refractivity contribution >= 4 is 5.91 Å². The first-order chi connectivity index (χ1) is 10.7. The Labute approximate surface area is 129 Å². The molecule has 22 heavy (non-hydrogen) atoms. The molecule has 1 aromatic heterocycles. The lowest BCUT2D eigenvalue weighted by molar-refractivity contribution is 0.0496. The lowest BCUT2D eigenvalue weighted by Crippen LogP contribution is -2.46. The average Bonchev–Trinajstić information content (AvgIpc) is 2.96. The molecule has 0 aliphatic carbocycles. The van der Waals surface area contributed by atoms with Crippen molar-refractivity contribution in [3.05, 3.63) is 41.7 Å². The fourth-order valence-corrected chi connectivity index (χ4v) is 2.93. The number of likely N-dealkylation sites (tertiary alicyclic amines) is 1. The van der Waals surface area contributed by atoms with Crippen LogP contribution in [0.25, 0.3) is 5.69 Å². The second-order valence-electron chi connectivity index (χ2n) is 5.60. The highest BCUT2D eigenvalue weighted by atomic mass is 16.3. The van der Waals surface area contributed by atoms with Crippen molar-refractivity contribution in [3.8, 4) is 5.69 Å². The molecular formula is C16H20N4O2. The van der Waals surface area contributed by atoms with Crippen molar-refractivity contribution in [3.63, 3.8) is 0 Å². The van der Waals surface area contributed by atoms with Crippen molar-refractivity contribution in [1.82, 2.24) is 19.9 Å². The zero-order chi connectivity index (χ0) is 15.5. The van der Waals surface area contributed by atoms with E-state index in [1.165, 1.54) is 0 Å². The molecule has 0 saturated carbocycles. The Hall–Kier alpha value is -2.21. The molecule has 1 aliphatic heterocycles. The number of carbonyl (C=O) groups is 1. The maximum Gasteiger partial charge on any atom is 0.276 e. The maximum absolute atomic E-state index is 12.7. The topological polar surface area (TPSA) is 71.2 Å². The first-order valence-electron chi connectivity index (χ1n) is 7.62. The lowest BCUT2D eigenvalue weighted by Gasteiger charge is -2.34. The number of carbonyl (C=O) groups excluding carboxylic acids is 1. The van der Waals surface area contributed by atoms with Gasteiger partial charge in [-0.3, -0.25) is 4.79 Å². The van der Waals surface area contributed by atoms with E-state index < -0.39 is 0 Å². The van der Waals surface area contributed by atoms with E-state index in [0.29, 0.717) is 12.2 Å². The highest BCUT2D eigenvalue weighted by molar-refractivity contribution is 5.93. The second kappa shape index (κ2) is 6.27. The second-order valence-corrected chi connectivity index (χ2v) is 5.60. The summed E-state index contributed by atoms with van der Waals surface area (Å²) in [6.07, 6.45) is 2.85. The van der Waals surface area contributed by atoms with Crippen molar-refractivity contribution in [2.75, 3.05) is 13.2 Å². The van der Waals surface area contributed by atoms with Crippen LogP contribution in [0.2, 0.25) is 0 Å². The Morgan fingerprint density at radius 3 is 2.82 bits per heavy atom. The van der Waals surface area contributed by atoms with E-state index in [1.807, 2.05) is 37.3 Å². The minimum Gasteiger partial charge on any atom is -0.394 e. The summed E-state index contributed by atoms with van der Waals surface area (Å²) in [6, 6.07) is 9.51. The predicted octanol–water partition coefficient (Wildman–Crippen LogP) is 1.56. The van der Waals surface area contributed by atoms with Gasteiger partial charge >= 0.3 is 0 Å². The monoisotopic (exact) mass is 300 g/mol. The van der Waals surface area contributed by atoms with E-state index in [1.54, 1.807) is 9.58 Å². The smallest absolute Gasteiger partial charge is 0.276 e. The number of amides is 1. The van der Waals surface area contributed by atoms with Gasteiger partial charge in [-0.15, -0.1) is 5.10 Å². The number of piperidine rings is 1. The summed E-state index contributed by atoms with van der Waals surface area (Å²) in [6.45, 7) is 2.51. The summed E-state index contributed by atoms with van der Waals surface area (Å²) < 4.78 is 1.67. The number of nitrogens with zero attached hydrogens (tertiary/aromatic N) is 4. The van der Waals surface area contributed by atoms with E-state index in [9.17, 15) is 9.90 Å². The van der Waals surface area contributed by atoms with Crippen LogP contribution in [0.15, 0.2) is 30.3 Å². The molecular weight excluding hydrogens is 280 g/mol. The number of aliphatic hydroxyl groups is 1. The van der Waals surface area contributed by atoms with Crippen LogP contribution < -0.4 is 0 Å². The largest absolute Gasteiger partial charge is 0.394 e. The van der Waals surface area contributed by atoms with Gasteiger partial charge in [0.05, 0.1) is 24.0 Å². The highest BCUT2D eigenvalue weighted by Gasteiger charge is 2.30. The zero-order valence-corrected chi connectivity index (χ0v) is 12.6. The molecule has 0 spiro atoms. The van der Waals surface area contributed by atoms with Gasteiger partial charge in [-0.1, -0.05) is 23.4 Å². The molecule has 1 atom stereocenters. The Bertz CT molecular complexity index is 653. The lowest BCUT2D eigenvalue weighted by atomic mass is 10.0. The molecule has 116 valence electrons. The number of para-hydroxylation sites is 1. The number of hydrogen-bond donors (Lipinski definition) is 1. The van der Waals surface area contributed by atoms with Crippen LogP contribution in [0.5, 0.6) is 0 Å². The van der Waals surface area contributed by atoms with Crippen LogP contribution in [0.4, 0.5) is 0 Å². The first-order valence-corrected chi connectivity index (χ1v) is 7.62. The van der Waals surface area contributed by atoms with E-state index in [0.717, 1.165) is 30.6 Å². The van der Waals surface area contributed by atoms with Crippen molar-refractivity contribution < 1.29 is 9.90 Å². The molecule has 1 aliphatic rings. The summed E-state index contributed by atoms with van der Waals surface area (Å²) in [7, 11) is 0. The third-order valence-corrected chi connectivity index (χ3v) is 4.20. The Balaban J connectivity index is 1.89. The molecule has 1 unspecified atom stereocenters. The average molecular weight is 300 g/mol. The molecule has 6 nitrogen and oxygen atoms in total. The third-order valence-electron chi connectivity index (χ3n) is 4.20. The van der Waals surface area contributed by atoms with Crippen molar-refractivity contribution in [2.45, 2.75) is 32.2 Å². The Morgan fingerprint density at radius 1 is 1.32 bits per heavy atom. The standard InChI is InChI=1S/C16H20N4O2/c1-12-15(16(22)19-10-6-5-9-14(19)11-21)17-18-20(12)13-7-3-2-4-8-13/h2-4,7-8,14,21H,5-6,9-11H2,1H3. The maximum atomic E-state index is 12.7. The van der Waals surface area contributed by atoms with Crippen LogP contribution in [0.3, 0.4) is 0 Å². The number of aliphatic hydroxyl groups excluding tert-OH is 1. The molecule has 2 heterocycles. The highest BCUT2D eigenvalue weighted by Crippen LogP contribution is 2.20. The molecule has 1 saturated heterocycles. The quantitative estimate of drug-likeness (QED) is 0.934. The molecule has 0 radical (unpaired) electrons. The van der Waals surface area contributed by atoms with Gasteiger partial charge < -0.3 is 10.0 Å². The van der Waals surface area contributed by atoms with Gasteiger partial charge in [0.15, 0.2) is 5.69 Å². The van der Waals surface area contributed by atoms with Crippen LogP contribution in [0, 0.1) is 6.92 Å². The van der Waals surface area contributed by atoms with E-state index in [4.69, 9.17) is 0 Å². The summed E-state index contributed by atoms with van der Waals surface area (Å²) >= 11 is 0. The molecule has 1 amide bonds. The van der Waals surface area contributed by atoms with Gasteiger partial charge in [0, 0.05) is 6.54 Å². The van der Waals surface area contributed by atoms with Crippen LogP contribution in [-0.4, -0.2) is 50.1 Å². The minimum absolute atomic E-state index is 0.00237. The predicted molar refractivity (Wildman–Crippen MR) is 81.9 cm³/mol. The van der Waals surface area contributed by atoms with Crippen molar-refractivity contribution in [1.29, 1.82) is 0 Å². The van der Waals surface area contributed by atoms with E-state index in [2.05, 4.69) is 10.3 Å². The van der Waals surface area contributed by atoms with E-state index in [-0.39, 0.29) is 18.6 Å². The molecule has 6 heteroatoms. The molecule has 1 fully saturated rings. The SMILES string of the molecule is Cc1c(C(=O)N2CCCCC2CO)nnn1-c1ccccc1. The van der Waals surface area contributed by atoms with Gasteiger partial charge in [-0.25, -0.2) is 4.68 Å². The number of rotatable bonds is 3. The van der Waals surface area contributed by atoms with Gasteiger partial charge in [-0.2, -0.15) is 0 Å². The summed E-state index contributed by atoms with van der Waals surface area (Å²) in [5.41, 5.74) is 1.96. The molecule has 0 bridgehead atoms. The molecule has 2 aromatic rings. The normalized spacial score (nSPS) is 18.5. The van der Waals surface area contributed by atoms with Crippen LogP contribution in [0.1, 0.15) is 35.4 Å². The van der Waals surface area contributed by atoms with Crippen LogP contribution >= 0.6 is 0 Å². The molecule has 1 aromatic carbocycles. The Morgan fingerprint density at radius 2 is 2.09 bits per heavy atom. The van der Waals surface area contributed by atoms with Gasteiger partial charge in [0.1, 0.15) is 0 Å². The van der Waals surface area contributed by atoms with Crippen molar-refractivity contribution in [2.24, 2.45) is 0 Å². The van der Waals surface area contributed by atoms with Gasteiger partial charge in [0.2, 0.25) is 0 Å². The zero-order valence-electron chi connectivity index (χ0n) is 12.6. The number of benzene rings is 1. The fraction of sp³-hybridized carbons (Fsp3) is 0.438. The van der Waals surface area contributed by atoms with Crippen LogP contribution in [-0.2, 0) is 0 Å². The minimum atomic E-state index is -0.140. The summed E-state index contributed by atoms with van der Waals surface area (Å²) in [5, 5.41) is 17.7. The summed E-state index contributed by atoms with van der Waals surface area (Å²) in [4.78, 5) is 14.5. The number of aromatic nitrogens is 3. The fourth-order valence-electron chi connectivity index (χ4n) is 2.93. The molecule has 1 N–H and O–H groups in total. The third kappa shape index (κ3) is 2.62. The first kappa shape index (κ1) is 14.7. The van der Waals surface area contributed by atoms with E-state index >= 15 is 0 Å².